The predicted octanol–water partition coefficient (Wildman–Crippen LogP) is 3.98. The van der Waals surface area contributed by atoms with Crippen molar-refractivity contribution in [3.05, 3.63) is 41.0 Å². The largest absolute Gasteiger partial charge is 0.493 e. The van der Waals surface area contributed by atoms with Crippen LogP contribution in [0.3, 0.4) is 0 Å². The molecule has 1 unspecified atom stereocenters. The molecule has 1 fully saturated rings. The second kappa shape index (κ2) is 7.78. The van der Waals surface area contributed by atoms with Gasteiger partial charge in [-0.2, -0.15) is 13.9 Å². The molecule has 0 radical (unpaired) electrons. The van der Waals surface area contributed by atoms with Crippen LogP contribution in [0, 0.1) is 0 Å². The highest BCUT2D eigenvalue weighted by atomic mass is 19.3. The number of ether oxygens (including phenoxy) is 1. The Hall–Kier alpha value is -2.02. The van der Waals surface area contributed by atoms with Gasteiger partial charge in [0.1, 0.15) is 5.75 Å². The Labute approximate surface area is 163 Å². The molecule has 0 amide bonds. The summed E-state index contributed by atoms with van der Waals surface area (Å²) in [5.41, 5.74) is 2.22. The summed E-state index contributed by atoms with van der Waals surface area (Å²) in [6.07, 6.45) is 5.34. The molecular formula is C21H26F3N3O. The highest BCUT2D eigenvalue weighted by Gasteiger charge is 2.35. The van der Waals surface area contributed by atoms with Crippen LogP contribution in [-0.4, -0.2) is 61.0 Å². The molecule has 3 aliphatic rings. The molecule has 7 heteroatoms. The third-order valence-corrected chi connectivity index (χ3v) is 6.10. The van der Waals surface area contributed by atoms with Gasteiger partial charge in [-0.25, -0.2) is 4.39 Å². The third-order valence-electron chi connectivity index (χ3n) is 6.10. The summed E-state index contributed by atoms with van der Waals surface area (Å²) in [6.45, 7) is 3.45. The van der Waals surface area contributed by atoms with Crippen LogP contribution in [0.15, 0.2) is 34.9 Å². The average molecular weight is 393 g/mol. The molecule has 0 aliphatic carbocycles. The van der Waals surface area contributed by atoms with Crippen LogP contribution in [0.2, 0.25) is 0 Å². The highest BCUT2D eigenvalue weighted by molar-refractivity contribution is 5.81. The first-order chi connectivity index (χ1) is 13.5. The van der Waals surface area contributed by atoms with E-state index in [2.05, 4.69) is 35.1 Å². The minimum Gasteiger partial charge on any atom is -0.493 e. The van der Waals surface area contributed by atoms with Crippen LogP contribution in [0.1, 0.15) is 36.9 Å². The number of nitrogens with zero attached hydrogens (tertiary/aromatic N) is 3. The quantitative estimate of drug-likeness (QED) is 0.758. The molecule has 3 aliphatic heterocycles. The summed E-state index contributed by atoms with van der Waals surface area (Å²) in [6, 6.07) is 7.04. The second-order valence-electron chi connectivity index (χ2n) is 7.77. The molecule has 0 N–H and O–H groups in total. The predicted molar refractivity (Wildman–Crippen MR) is 103 cm³/mol. The van der Waals surface area contributed by atoms with E-state index in [4.69, 9.17) is 4.74 Å². The van der Waals surface area contributed by atoms with Crippen LogP contribution in [-0.2, 0) is 6.42 Å². The van der Waals surface area contributed by atoms with Crippen LogP contribution < -0.4 is 4.74 Å². The minimum absolute atomic E-state index is 0.222. The van der Waals surface area contributed by atoms with Gasteiger partial charge in [-0.1, -0.05) is 18.2 Å². The first kappa shape index (κ1) is 19.3. The summed E-state index contributed by atoms with van der Waals surface area (Å²) < 4.78 is 45.0. The van der Waals surface area contributed by atoms with E-state index < -0.39 is 12.6 Å². The molecule has 1 aromatic rings. The van der Waals surface area contributed by atoms with Gasteiger partial charge in [0.2, 0.25) is 0 Å². The van der Waals surface area contributed by atoms with E-state index in [0.717, 1.165) is 50.9 Å². The van der Waals surface area contributed by atoms with E-state index in [1.165, 1.54) is 17.2 Å². The van der Waals surface area contributed by atoms with Crippen molar-refractivity contribution < 1.29 is 17.9 Å². The van der Waals surface area contributed by atoms with Crippen LogP contribution in [0.5, 0.6) is 5.75 Å². The monoisotopic (exact) mass is 393 g/mol. The van der Waals surface area contributed by atoms with Gasteiger partial charge >= 0.3 is 5.92 Å². The molecule has 0 bridgehead atoms. The maximum atomic E-state index is 13.4. The smallest absolute Gasteiger partial charge is 0.302 e. The van der Waals surface area contributed by atoms with Gasteiger partial charge in [0.15, 0.2) is 6.67 Å². The topological polar surface area (TPSA) is 28.1 Å². The zero-order valence-corrected chi connectivity index (χ0v) is 16.1. The summed E-state index contributed by atoms with van der Waals surface area (Å²) in [5, 5.41) is 6.02. The first-order valence-electron chi connectivity index (χ1n) is 9.92. The second-order valence-corrected chi connectivity index (χ2v) is 7.77. The molecule has 4 rings (SSSR count). The fourth-order valence-electron chi connectivity index (χ4n) is 4.22. The van der Waals surface area contributed by atoms with E-state index in [9.17, 15) is 13.2 Å². The number of hydrogen-bond donors (Lipinski definition) is 0. The van der Waals surface area contributed by atoms with Gasteiger partial charge in [-0.3, -0.25) is 9.91 Å². The lowest BCUT2D eigenvalue weighted by Gasteiger charge is -2.40. The zero-order chi connectivity index (χ0) is 19.7. The van der Waals surface area contributed by atoms with Crippen molar-refractivity contribution in [1.82, 2.24) is 9.91 Å². The molecule has 1 aromatic carbocycles. The number of likely N-dealkylation sites (tertiary alicyclic amines) is 1. The Balaban J connectivity index is 1.32. The Morgan fingerprint density at radius 1 is 1.29 bits per heavy atom. The lowest BCUT2D eigenvalue weighted by atomic mass is 9.98. The van der Waals surface area contributed by atoms with E-state index in [1.807, 2.05) is 5.01 Å². The van der Waals surface area contributed by atoms with E-state index in [1.54, 1.807) is 0 Å². The Bertz CT molecular complexity index is 772. The molecule has 4 nitrogen and oxygen atoms in total. The summed E-state index contributed by atoms with van der Waals surface area (Å²) in [4.78, 5) is 2.44. The van der Waals surface area contributed by atoms with Gasteiger partial charge in [0.05, 0.1) is 19.4 Å². The number of allylic oxidation sites excluding steroid dienone is 1. The normalized spacial score (nSPS) is 22.0. The lowest BCUT2D eigenvalue weighted by Crippen LogP contribution is -2.44. The molecule has 28 heavy (non-hydrogen) atoms. The maximum Gasteiger partial charge on any atom is 0.302 e. The number of hydrazone groups is 1. The minimum atomic E-state index is -3.44. The van der Waals surface area contributed by atoms with Crippen LogP contribution in [0.25, 0.3) is 0 Å². The lowest BCUT2D eigenvalue weighted by molar-refractivity contribution is 0.0194. The molecule has 152 valence electrons. The number of benzene rings is 1. The average Bonchev–Trinajstić information content (AvgIpc) is 3.21. The van der Waals surface area contributed by atoms with Crippen molar-refractivity contribution in [1.29, 1.82) is 0 Å². The Morgan fingerprint density at radius 3 is 2.75 bits per heavy atom. The summed E-state index contributed by atoms with van der Waals surface area (Å²) in [5.74, 6) is -2.43. The number of fused-ring (bicyclic) bond motifs is 1. The fourth-order valence-corrected chi connectivity index (χ4v) is 4.22. The Morgan fingerprint density at radius 2 is 2.07 bits per heavy atom. The van der Waals surface area contributed by atoms with E-state index >= 15 is 0 Å². The molecule has 0 spiro atoms. The van der Waals surface area contributed by atoms with Gasteiger partial charge in [-0.15, -0.1) is 0 Å². The molecule has 0 saturated carbocycles. The Kier molecular flexibility index (Phi) is 5.36. The number of hydrogen-bond acceptors (Lipinski definition) is 4. The molecule has 1 saturated heterocycles. The zero-order valence-electron chi connectivity index (χ0n) is 16.1. The van der Waals surface area contributed by atoms with Crippen molar-refractivity contribution in [2.45, 2.75) is 44.2 Å². The van der Waals surface area contributed by atoms with Crippen molar-refractivity contribution >= 4 is 6.21 Å². The standard InChI is InChI=1S/C21H26F3N3O/c1-15(17-3-2-16-7-11-28-20(16)12-17)26-8-5-19(6-9-26)27-10-4-18(13-25-27)21(23,24)14-22/h2-4,12-13,15,19H,5-11,14H2,1H3. The molecule has 3 heterocycles. The third kappa shape index (κ3) is 3.77. The van der Waals surface area contributed by atoms with E-state index in [-0.39, 0.29) is 11.6 Å². The van der Waals surface area contributed by atoms with Crippen molar-refractivity contribution in [2.24, 2.45) is 5.10 Å². The maximum absolute atomic E-state index is 13.4. The van der Waals surface area contributed by atoms with E-state index in [0.29, 0.717) is 12.6 Å². The number of halogens is 3. The van der Waals surface area contributed by atoms with Crippen molar-refractivity contribution in [2.75, 3.05) is 32.9 Å². The summed E-state index contributed by atoms with van der Waals surface area (Å²) in [7, 11) is 0. The van der Waals surface area contributed by atoms with Gasteiger partial charge in [0, 0.05) is 37.2 Å². The fraction of sp³-hybridized carbons (Fsp3) is 0.571. The molecule has 1 atom stereocenters. The van der Waals surface area contributed by atoms with Crippen LogP contribution in [0.4, 0.5) is 13.2 Å². The van der Waals surface area contributed by atoms with Gasteiger partial charge < -0.3 is 4.74 Å². The SMILES string of the molecule is CC(c1ccc2c(c1)OCC2)N1CCC(N2CC=C(C(F)(F)CF)C=N2)CC1. The van der Waals surface area contributed by atoms with Crippen LogP contribution >= 0.6 is 0 Å². The number of rotatable bonds is 5. The molecule has 0 aromatic heterocycles. The van der Waals surface area contributed by atoms with Gasteiger partial charge in [-0.05, 0) is 37.0 Å². The number of piperidine rings is 1. The van der Waals surface area contributed by atoms with Crippen molar-refractivity contribution in [3.8, 4) is 5.75 Å². The summed E-state index contributed by atoms with van der Waals surface area (Å²) >= 11 is 0. The van der Waals surface area contributed by atoms with Crippen molar-refractivity contribution in [3.63, 3.8) is 0 Å². The highest BCUT2D eigenvalue weighted by Crippen LogP contribution is 2.33. The molecular weight excluding hydrogens is 367 g/mol. The first-order valence-corrected chi connectivity index (χ1v) is 9.92. The van der Waals surface area contributed by atoms with Gasteiger partial charge in [0.25, 0.3) is 0 Å². The number of alkyl halides is 3.